The number of nitrogens with one attached hydrogen (secondary N) is 1. The number of hydrogen-bond acceptors (Lipinski definition) is 5. The SMILES string of the molecule is CC#Cc1cn(C[C@@H](CO)OC(C)=O)c(=O)[nH]c1=O. The fraction of sp³-hybridized carbons (Fsp3) is 0.417. The molecule has 19 heavy (non-hydrogen) atoms. The number of rotatable bonds is 4. The average molecular weight is 266 g/mol. The van der Waals surface area contributed by atoms with Gasteiger partial charge in [0.1, 0.15) is 11.7 Å². The number of aromatic nitrogens is 2. The fourth-order valence-electron chi connectivity index (χ4n) is 1.46. The van der Waals surface area contributed by atoms with Crippen molar-refractivity contribution in [2.75, 3.05) is 6.61 Å². The Bertz CT molecular complexity index is 632. The molecule has 7 nitrogen and oxygen atoms in total. The highest BCUT2D eigenvalue weighted by atomic mass is 16.5. The van der Waals surface area contributed by atoms with Crippen molar-refractivity contribution in [3.63, 3.8) is 0 Å². The number of H-pyrrole nitrogens is 1. The van der Waals surface area contributed by atoms with Crippen LogP contribution < -0.4 is 11.2 Å². The fourth-order valence-corrected chi connectivity index (χ4v) is 1.46. The molecule has 0 fully saturated rings. The third kappa shape index (κ3) is 4.12. The van der Waals surface area contributed by atoms with Crippen LogP contribution in [0.25, 0.3) is 0 Å². The molecule has 0 aliphatic heterocycles. The molecule has 0 bridgehead atoms. The molecule has 1 aromatic rings. The van der Waals surface area contributed by atoms with E-state index >= 15 is 0 Å². The lowest BCUT2D eigenvalue weighted by Crippen LogP contribution is -2.36. The Labute approximate surface area is 108 Å². The van der Waals surface area contributed by atoms with E-state index < -0.39 is 29.9 Å². The molecular formula is C12H14N2O5. The molecule has 1 aromatic heterocycles. The molecule has 0 aliphatic rings. The first-order chi connectivity index (χ1) is 8.97. The van der Waals surface area contributed by atoms with E-state index in [4.69, 9.17) is 9.84 Å². The van der Waals surface area contributed by atoms with Gasteiger partial charge in [0.15, 0.2) is 0 Å². The van der Waals surface area contributed by atoms with Crippen molar-refractivity contribution in [3.05, 3.63) is 32.6 Å². The number of aliphatic hydroxyl groups is 1. The maximum atomic E-state index is 11.6. The first-order valence-corrected chi connectivity index (χ1v) is 5.52. The molecule has 2 N–H and O–H groups in total. The molecule has 0 saturated heterocycles. The summed E-state index contributed by atoms with van der Waals surface area (Å²) >= 11 is 0. The van der Waals surface area contributed by atoms with Crippen LogP contribution in [0.4, 0.5) is 0 Å². The van der Waals surface area contributed by atoms with Gasteiger partial charge in [-0.3, -0.25) is 19.1 Å². The zero-order valence-corrected chi connectivity index (χ0v) is 10.6. The standard InChI is InChI=1S/C12H14N2O5/c1-3-4-9-5-14(12(18)13-11(9)17)6-10(7-15)19-8(2)16/h5,10,15H,6-7H2,1-2H3,(H,13,17,18)/t10-/m0/s1. The van der Waals surface area contributed by atoms with Crippen LogP contribution in [0.1, 0.15) is 19.4 Å². The number of aliphatic hydroxyl groups excluding tert-OH is 1. The van der Waals surface area contributed by atoms with E-state index in [1.54, 1.807) is 6.92 Å². The second kappa shape index (κ2) is 6.56. The van der Waals surface area contributed by atoms with E-state index in [1.807, 2.05) is 0 Å². The summed E-state index contributed by atoms with van der Waals surface area (Å²) < 4.78 is 5.94. The Kier molecular flexibility index (Phi) is 5.09. The molecule has 1 heterocycles. The minimum Gasteiger partial charge on any atom is -0.458 e. The highest BCUT2D eigenvalue weighted by molar-refractivity contribution is 5.66. The molecular weight excluding hydrogens is 252 g/mol. The Balaban J connectivity index is 3.08. The van der Waals surface area contributed by atoms with Gasteiger partial charge in [-0.15, -0.1) is 5.92 Å². The number of nitrogens with zero attached hydrogens (tertiary/aromatic N) is 1. The van der Waals surface area contributed by atoms with Gasteiger partial charge in [0, 0.05) is 13.1 Å². The molecule has 102 valence electrons. The van der Waals surface area contributed by atoms with Gasteiger partial charge in [0.05, 0.1) is 13.2 Å². The summed E-state index contributed by atoms with van der Waals surface area (Å²) in [4.78, 5) is 35.9. The molecule has 0 aromatic carbocycles. The zero-order valence-electron chi connectivity index (χ0n) is 10.6. The zero-order chi connectivity index (χ0) is 14.4. The Morgan fingerprint density at radius 3 is 2.79 bits per heavy atom. The van der Waals surface area contributed by atoms with E-state index in [9.17, 15) is 14.4 Å². The largest absolute Gasteiger partial charge is 0.458 e. The average Bonchev–Trinajstić information content (AvgIpc) is 2.33. The molecule has 0 aliphatic carbocycles. The third-order valence-corrected chi connectivity index (χ3v) is 2.21. The molecule has 7 heteroatoms. The van der Waals surface area contributed by atoms with Gasteiger partial charge in [-0.05, 0) is 6.92 Å². The van der Waals surface area contributed by atoms with Crippen molar-refractivity contribution in [1.82, 2.24) is 9.55 Å². The van der Waals surface area contributed by atoms with Crippen LogP contribution in [-0.2, 0) is 16.1 Å². The highest BCUT2D eigenvalue weighted by Gasteiger charge is 2.13. The van der Waals surface area contributed by atoms with Crippen LogP contribution in [0, 0.1) is 11.8 Å². The summed E-state index contributed by atoms with van der Waals surface area (Å²) in [6, 6.07) is 0. The molecule has 1 atom stereocenters. The highest BCUT2D eigenvalue weighted by Crippen LogP contribution is 1.96. The molecule has 0 saturated carbocycles. The monoisotopic (exact) mass is 266 g/mol. The predicted octanol–water partition coefficient (Wildman–Crippen LogP) is -1.17. The van der Waals surface area contributed by atoms with Crippen molar-refractivity contribution in [1.29, 1.82) is 0 Å². The minimum atomic E-state index is -0.858. The second-order valence-corrected chi connectivity index (χ2v) is 3.74. The summed E-state index contributed by atoms with van der Waals surface area (Å²) in [6.07, 6.45) is 0.410. The van der Waals surface area contributed by atoms with Crippen LogP contribution >= 0.6 is 0 Å². The van der Waals surface area contributed by atoms with Crippen LogP contribution in [0.3, 0.4) is 0 Å². The summed E-state index contributed by atoms with van der Waals surface area (Å²) in [5.41, 5.74) is -1.11. The van der Waals surface area contributed by atoms with Gasteiger partial charge in [-0.2, -0.15) is 0 Å². The van der Waals surface area contributed by atoms with Crippen LogP contribution in [0.2, 0.25) is 0 Å². The predicted molar refractivity (Wildman–Crippen MR) is 66.5 cm³/mol. The lowest BCUT2D eigenvalue weighted by molar-refractivity contribution is -0.149. The number of aromatic amines is 1. The Morgan fingerprint density at radius 1 is 1.58 bits per heavy atom. The van der Waals surface area contributed by atoms with Crippen molar-refractivity contribution in [3.8, 4) is 11.8 Å². The maximum Gasteiger partial charge on any atom is 0.328 e. The first-order valence-electron chi connectivity index (χ1n) is 5.52. The molecule has 0 amide bonds. The van der Waals surface area contributed by atoms with Gasteiger partial charge in [0.2, 0.25) is 0 Å². The van der Waals surface area contributed by atoms with Crippen LogP contribution in [0.15, 0.2) is 15.8 Å². The smallest absolute Gasteiger partial charge is 0.328 e. The van der Waals surface area contributed by atoms with Gasteiger partial charge >= 0.3 is 11.7 Å². The van der Waals surface area contributed by atoms with Crippen LogP contribution in [0.5, 0.6) is 0 Å². The Morgan fingerprint density at radius 2 is 2.26 bits per heavy atom. The summed E-state index contributed by atoms with van der Waals surface area (Å²) in [6.45, 7) is 2.26. The van der Waals surface area contributed by atoms with Crippen molar-refractivity contribution >= 4 is 5.97 Å². The summed E-state index contributed by atoms with van der Waals surface area (Å²) in [5, 5.41) is 9.06. The van der Waals surface area contributed by atoms with Crippen molar-refractivity contribution in [2.24, 2.45) is 0 Å². The van der Waals surface area contributed by atoms with E-state index in [1.165, 1.54) is 13.1 Å². The van der Waals surface area contributed by atoms with Gasteiger partial charge in [-0.1, -0.05) is 5.92 Å². The number of hydrogen-bond donors (Lipinski definition) is 2. The second-order valence-electron chi connectivity index (χ2n) is 3.74. The van der Waals surface area contributed by atoms with Crippen molar-refractivity contribution in [2.45, 2.75) is 26.5 Å². The number of carbonyl (C=O) groups is 1. The third-order valence-electron chi connectivity index (χ3n) is 2.21. The summed E-state index contributed by atoms with van der Waals surface area (Å²) in [5.74, 6) is 4.54. The van der Waals surface area contributed by atoms with Gasteiger partial charge in [-0.25, -0.2) is 4.79 Å². The number of ether oxygens (including phenoxy) is 1. The van der Waals surface area contributed by atoms with E-state index in [2.05, 4.69) is 16.8 Å². The topological polar surface area (TPSA) is 101 Å². The molecule has 0 unspecified atom stereocenters. The molecule has 1 rings (SSSR count). The molecule has 0 spiro atoms. The normalized spacial score (nSPS) is 11.3. The van der Waals surface area contributed by atoms with E-state index in [-0.39, 0.29) is 12.1 Å². The van der Waals surface area contributed by atoms with Gasteiger partial charge < -0.3 is 9.84 Å². The molecule has 0 radical (unpaired) electrons. The van der Waals surface area contributed by atoms with Crippen molar-refractivity contribution < 1.29 is 14.6 Å². The maximum absolute atomic E-state index is 11.6. The first kappa shape index (κ1) is 14.7. The lowest BCUT2D eigenvalue weighted by atomic mass is 10.3. The summed E-state index contributed by atoms with van der Waals surface area (Å²) in [7, 11) is 0. The van der Waals surface area contributed by atoms with Gasteiger partial charge in [0.25, 0.3) is 5.56 Å². The lowest BCUT2D eigenvalue weighted by Gasteiger charge is -2.15. The minimum absolute atomic E-state index is 0.0654. The van der Waals surface area contributed by atoms with Crippen LogP contribution in [-0.4, -0.2) is 33.3 Å². The Hall–Kier alpha value is -2.33. The van der Waals surface area contributed by atoms with E-state index in [0.717, 1.165) is 4.57 Å². The number of esters is 1. The number of carbonyl (C=O) groups excluding carboxylic acids is 1. The van der Waals surface area contributed by atoms with E-state index in [0.29, 0.717) is 0 Å². The quantitative estimate of drug-likeness (QED) is 0.528.